The first kappa shape index (κ1) is 23.2. The average Bonchev–Trinajstić information content (AvgIpc) is 3.33. The fourth-order valence-corrected chi connectivity index (χ4v) is 4.17. The SMILES string of the molecule is O=C(CC(c1ccccc1F)c1cnc2c(OCc3ccccc3)cccn12)Nc1ccc(F)cc1. The molecule has 0 aliphatic carbocycles. The maximum absolute atomic E-state index is 14.9. The highest BCUT2D eigenvalue weighted by atomic mass is 19.1. The molecule has 0 saturated heterocycles. The minimum Gasteiger partial charge on any atom is -0.485 e. The molecule has 36 heavy (non-hydrogen) atoms. The Labute approximate surface area is 207 Å². The molecule has 0 saturated carbocycles. The Morgan fingerprint density at radius 3 is 2.44 bits per heavy atom. The highest BCUT2D eigenvalue weighted by molar-refractivity contribution is 5.91. The largest absolute Gasteiger partial charge is 0.485 e. The number of ether oxygens (including phenoxy) is 1. The summed E-state index contributed by atoms with van der Waals surface area (Å²) in [6, 6.07) is 25.3. The van der Waals surface area contributed by atoms with Crippen LogP contribution in [0.1, 0.15) is 29.2 Å². The zero-order valence-electron chi connectivity index (χ0n) is 19.3. The number of benzene rings is 3. The zero-order valence-corrected chi connectivity index (χ0v) is 19.3. The lowest BCUT2D eigenvalue weighted by Gasteiger charge is -2.18. The summed E-state index contributed by atoms with van der Waals surface area (Å²) in [4.78, 5) is 17.5. The number of rotatable bonds is 8. The number of amides is 1. The smallest absolute Gasteiger partial charge is 0.225 e. The Hall–Kier alpha value is -4.52. The zero-order chi connectivity index (χ0) is 24.9. The molecule has 180 valence electrons. The van der Waals surface area contributed by atoms with E-state index in [2.05, 4.69) is 10.3 Å². The molecule has 0 spiro atoms. The van der Waals surface area contributed by atoms with Gasteiger partial charge in [-0.15, -0.1) is 0 Å². The number of aromatic nitrogens is 2. The van der Waals surface area contributed by atoms with Gasteiger partial charge >= 0.3 is 0 Å². The Balaban J connectivity index is 1.46. The van der Waals surface area contributed by atoms with Crippen molar-refractivity contribution in [1.82, 2.24) is 9.38 Å². The van der Waals surface area contributed by atoms with E-state index in [1.165, 1.54) is 30.3 Å². The van der Waals surface area contributed by atoms with Gasteiger partial charge in [-0.2, -0.15) is 0 Å². The van der Waals surface area contributed by atoms with Crippen LogP contribution in [-0.2, 0) is 11.4 Å². The van der Waals surface area contributed by atoms with E-state index in [4.69, 9.17) is 4.74 Å². The third kappa shape index (κ3) is 5.10. The molecule has 3 aromatic carbocycles. The number of fused-ring (bicyclic) bond motifs is 1. The molecule has 0 aliphatic heterocycles. The molecular weight excluding hydrogens is 460 g/mol. The number of carbonyl (C=O) groups excluding carboxylic acids is 1. The predicted molar refractivity (Wildman–Crippen MR) is 134 cm³/mol. The Morgan fingerprint density at radius 1 is 0.917 bits per heavy atom. The predicted octanol–water partition coefficient (Wildman–Crippen LogP) is 6.35. The molecule has 0 aliphatic rings. The Bertz CT molecular complexity index is 1480. The second-order valence-corrected chi connectivity index (χ2v) is 8.36. The van der Waals surface area contributed by atoms with Crippen molar-refractivity contribution >= 4 is 17.2 Å². The van der Waals surface area contributed by atoms with Gasteiger partial charge in [0.25, 0.3) is 0 Å². The highest BCUT2D eigenvalue weighted by Crippen LogP contribution is 2.33. The van der Waals surface area contributed by atoms with Gasteiger partial charge in [-0.05, 0) is 53.6 Å². The van der Waals surface area contributed by atoms with Gasteiger partial charge in [-0.3, -0.25) is 4.79 Å². The molecule has 2 heterocycles. The fraction of sp³-hybridized carbons (Fsp3) is 0.103. The van der Waals surface area contributed by atoms with E-state index in [-0.39, 0.29) is 12.3 Å². The normalized spacial score (nSPS) is 11.8. The van der Waals surface area contributed by atoms with Crippen LogP contribution in [0, 0.1) is 11.6 Å². The molecule has 0 fully saturated rings. The number of hydrogen-bond donors (Lipinski definition) is 1. The van der Waals surface area contributed by atoms with Crippen molar-refractivity contribution < 1.29 is 18.3 Å². The third-order valence-electron chi connectivity index (χ3n) is 5.92. The maximum Gasteiger partial charge on any atom is 0.225 e. The maximum atomic E-state index is 14.9. The van der Waals surface area contributed by atoms with Crippen LogP contribution in [0.4, 0.5) is 14.5 Å². The molecule has 1 amide bonds. The van der Waals surface area contributed by atoms with Gasteiger partial charge in [0.05, 0.1) is 5.69 Å². The summed E-state index contributed by atoms with van der Waals surface area (Å²) in [5.41, 5.74) is 3.08. The van der Waals surface area contributed by atoms with Gasteiger partial charge in [0.15, 0.2) is 11.4 Å². The standard InChI is InChI=1S/C29H23F2N3O2/c30-21-12-14-22(15-13-21)33-28(35)17-24(23-9-4-5-10-25(23)31)26-18-32-29-27(11-6-16-34(26)29)36-19-20-7-2-1-3-8-20/h1-16,18,24H,17,19H2,(H,33,35). The van der Waals surface area contributed by atoms with E-state index in [0.717, 1.165) is 5.56 Å². The molecule has 1 N–H and O–H groups in total. The van der Waals surface area contributed by atoms with E-state index in [1.54, 1.807) is 24.4 Å². The summed E-state index contributed by atoms with van der Waals surface area (Å²) >= 11 is 0. The van der Waals surface area contributed by atoms with Crippen LogP contribution < -0.4 is 10.1 Å². The van der Waals surface area contributed by atoms with Crippen LogP contribution in [0.15, 0.2) is 103 Å². The van der Waals surface area contributed by atoms with Gasteiger partial charge in [-0.1, -0.05) is 48.5 Å². The summed E-state index contributed by atoms with van der Waals surface area (Å²) in [5.74, 6) is -1.18. The Kier molecular flexibility index (Phi) is 6.71. The number of pyridine rings is 1. The number of nitrogens with zero attached hydrogens (tertiary/aromatic N) is 2. The first-order valence-corrected chi connectivity index (χ1v) is 11.5. The van der Waals surface area contributed by atoms with Crippen molar-refractivity contribution in [3.8, 4) is 5.75 Å². The van der Waals surface area contributed by atoms with Gasteiger partial charge in [0, 0.05) is 30.4 Å². The van der Waals surface area contributed by atoms with Gasteiger partial charge in [-0.25, -0.2) is 13.8 Å². The van der Waals surface area contributed by atoms with Crippen molar-refractivity contribution in [1.29, 1.82) is 0 Å². The van der Waals surface area contributed by atoms with Crippen molar-refractivity contribution in [2.75, 3.05) is 5.32 Å². The molecule has 2 aromatic heterocycles. The molecule has 5 aromatic rings. The minimum atomic E-state index is -0.619. The van der Waals surface area contributed by atoms with Crippen LogP contribution in [0.3, 0.4) is 0 Å². The average molecular weight is 484 g/mol. The van der Waals surface area contributed by atoms with E-state index in [0.29, 0.717) is 34.9 Å². The van der Waals surface area contributed by atoms with Crippen molar-refractivity contribution in [3.63, 3.8) is 0 Å². The molecule has 1 unspecified atom stereocenters. The third-order valence-corrected chi connectivity index (χ3v) is 5.92. The van der Waals surface area contributed by atoms with Crippen LogP contribution in [0.5, 0.6) is 5.75 Å². The second-order valence-electron chi connectivity index (χ2n) is 8.36. The molecular formula is C29H23F2N3O2. The first-order valence-electron chi connectivity index (χ1n) is 11.5. The summed E-state index contributed by atoms with van der Waals surface area (Å²) in [7, 11) is 0. The van der Waals surface area contributed by atoms with Crippen LogP contribution in [-0.4, -0.2) is 15.3 Å². The molecule has 0 radical (unpaired) electrons. The number of hydrogen-bond acceptors (Lipinski definition) is 3. The number of imidazole rings is 1. The van der Waals surface area contributed by atoms with E-state index in [9.17, 15) is 13.6 Å². The van der Waals surface area contributed by atoms with Crippen molar-refractivity contribution in [2.45, 2.75) is 18.9 Å². The van der Waals surface area contributed by atoms with E-state index < -0.39 is 17.6 Å². The molecule has 0 bridgehead atoms. The summed E-state index contributed by atoms with van der Waals surface area (Å²) in [6.45, 7) is 0.375. The van der Waals surface area contributed by atoms with Gasteiger partial charge < -0.3 is 14.5 Å². The summed E-state index contributed by atoms with van der Waals surface area (Å²) in [5, 5.41) is 2.77. The lowest BCUT2D eigenvalue weighted by molar-refractivity contribution is -0.116. The lowest BCUT2D eigenvalue weighted by atomic mass is 9.91. The topological polar surface area (TPSA) is 55.6 Å². The quantitative estimate of drug-likeness (QED) is 0.280. The van der Waals surface area contributed by atoms with Gasteiger partial charge in [0.1, 0.15) is 18.2 Å². The first-order chi connectivity index (χ1) is 17.6. The van der Waals surface area contributed by atoms with Crippen molar-refractivity contribution in [2.24, 2.45) is 0 Å². The number of nitrogens with one attached hydrogen (secondary N) is 1. The van der Waals surface area contributed by atoms with Crippen LogP contribution in [0.2, 0.25) is 0 Å². The second kappa shape index (κ2) is 10.4. The number of halogens is 2. The lowest BCUT2D eigenvalue weighted by Crippen LogP contribution is -2.18. The fourth-order valence-electron chi connectivity index (χ4n) is 4.17. The molecule has 5 nitrogen and oxygen atoms in total. The molecule has 7 heteroatoms. The number of carbonyl (C=O) groups is 1. The van der Waals surface area contributed by atoms with E-state index in [1.807, 2.05) is 53.1 Å². The van der Waals surface area contributed by atoms with E-state index >= 15 is 0 Å². The van der Waals surface area contributed by atoms with Gasteiger partial charge in [0.2, 0.25) is 5.91 Å². The monoisotopic (exact) mass is 483 g/mol. The van der Waals surface area contributed by atoms with Crippen LogP contribution in [0.25, 0.3) is 5.65 Å². The van der Waals surface area contributed by atoms with Crippen LogP contribution >= 0.6 is 0 Å². The Morgan fingerprint density at radius 2 is 1.67 bits per heavy atom. The molecule has 1 atom stereocenters. The summed E-state index contributed by atoms with van der Waals surface area (Å²) < 4.78 is 36.0. The minimum absolute atomic E-state index is 0.0405. The summed E-state index contributed by atoms with van der Waals surface area (Å²) in [6.07, 6.45) is 3.42. The number of anilines is 1. The highest BCUT2D eigenvalue weighted by Gasteiger charge is 2.25. The van der Waals surface area contributed by atoms with Crippen molar-refractivity contribution in [3.05, 3.63) is 132 Å². The molecule has 5 rings (SSSR count).